The molecular formula is C17H15N3O2. The number of hydrogen-bond donors (Lipinski definition) is 0. The molecule has 2 aromatic rings. The minimum Gasteiger partial charge on any atom is -0.488 e. The Bertz CT molecular complexity index is 760. The van der Waals surface area contributed by atoms with Crippen molar-refractivity contribution >= 4 is 5.69 Å². The van der Waals surface area contributed by atoms with Crippen molar-refractivity contribution in [2.45, 2.75) is 31.8 Å². The Morgan fingerprint density at radius 2 is 2.18 bits per heavy atom. The summed E-state index contributed by atoms with van der Waals surface area (Å²) in [5.74, 6) is 0.799. The summed E-state index contributed by atoms with van der Waals surface area (Å²) < 4.78 is 6.01. The van der Waals surface area contributed by atoms with Crippen LogP contribution in [0.2, 0.25) is 0 Å². The van der Waals surface area contributed by atoms with Crippen LogP contribution in [-0.2, 0) is 0 Å². The zero-order valence-electron chi connectivity index (χ0n) is 12.4. The minimum atomic E-state index is -0.324. The van der Waals surface area contributed by atoms with Crippen LogP contribution in [0.3, 0.4) is 0 Å². The van der Waals surface area contributed by atoms with Crippen molar-refractivity contribution in [3.05, 3.63) is 58.3 Å². The maximum absolute atomic E-state index is 10.5. The van der Waals surface area contributed by atoms with Crippen molar-refractivity contribution in [1.82, 2.24) is 4.98 Å². The number of pyridine rings is 1. The van der Waals surface area contributed by atoms with E-state index in [4.69, 9.17) is 10.00 Å². The summed E-state index contributed by atoms with van der Waals surface area (Å²) in [5, 5.41) is 12.0. The molecule has 3 rings (SSSR count). The number of rotatable bonds is 2. The van der Waals surface area contributed by atoms with Crippen LogP contribution in [0.5, 0.6) is 5.75 Å². The van der Waals surface area contributed by atoms with Crippen LogP contribution in [0.25, 0.3) is 0 Å². The zero-order chi connectivity index (χ0) is 15.7. The molecule has 1 unspecified atom stereocenters. The average Bonchev–Trinajstić information content (AvgIpc) is 2.53. The highest BCUT2D eigenvalue weighted by Crippen LogP contribution is 2.44. The third kappa shape index (κ3) is 2.56. The Hall–Kier alpha value is -2.74. The highest BCUT2D eigenvalue weighted by atomic mass is 16.5. The lowest BCUT2D eigenvalue weighted by molar-refractivity contribution is 0.0769. The van der Waals surface area contributed by atoms with Crippen LogP contribution < -0.4 is 4.74 Å². The molecule has 22 heavy (non-hydrogen) atoms. The number of fused-ring (bicyclic) bond motifs is 1. The average molecular weight is 293 g/mol. The fourth-order valence-corrected chi connectivity index (χ4v) is 2.85. The van der Waals surface area contributed by atoms with Crippen LogP contribution in [0.1, 0.15) is 43.0 Å². The van der Waals surface area contributed by atoms with Gasteiger partial charge in [0.05, 0.1) is 17.8 Å². The maximum atomic E-state index is 10.5. The summed E-state index contributed by atoms with van der Waals surface area (Å²) in [5.41, 5.74) is 2.38. The van der Waals surface area contributed by atoms with Gasteiger partial charge in [0.1, 0.15) is 17.0 Å². The van der Waals surface area contributed by atoms with Crippen LogP contribution in [0.4, 0.5) is 5.69 Å². The molecule has 1 atom stereocenters. The monoisotopic (exact) mass is 293 g/mol. The van der Waals surface area contributed by atoms with E-state index in [1.807, 2.05) is 32.0 Å². The molecule has 5 heteroatoms. The molecule has 0 spiro atoms. The first-order chi connectivity index (χ1) is 10.5. The largest absolute Gasteiger partial charge is 0.488 e. The van der Waals surface area contributed by atoms with E-state index in [2.05, 4.69) is 16.2 Å². The first-order valence-corrected chi connectivity index (χ1v) is 7.05. The van der Waals surface area contributed by atoms with Gasteiger partial charge in [-0.2, -0.15) is 5.26 Å². The van der Waals surface area contributed by atoms with E-state index in [-0.39, 0.29) is 11.5 Å². The summed E-state index contributed by atoms with van der Waals surface area (Å²) in [7, 11) is 0. The predicted molar refractivity (Wildman–Crippen MR) is 82.0 cm³/mol. The Morgan fingerprint density at radius 1 is 1.36 bits per heavy atom. The van der Waals surface area contributed by atoms with Gasteiger partial charge in [-0.1, -0.05) is 0 Å². The Kier molecular flexibility index (Phi) is 3.38. The van der Waals surface area contributed by atoms with E-state index >= 15 is 0 Å². The second kappa shape index (κ2) is 5.23. The number of benzene rings is 1. The van der Waals surface area contributed by atoms with Gasteiger partial charge in [-0.3, -0.25) is 4.98 Å². The smallest absolute Gasteiger partial charge is 0.126 e. The Labute approximate surface area is 128 Å². The van der Waals surface area contributed by atoms with Crippen LogP contribution in [-0.4, -0.2) is 10.6 Å². The van der Waals surface area contributed by atoms with Gasteiger partial charge in [0.2, 0.25) is 0 Å². The van der Waals surface area contributed by atoms with E-state index in [9.17, 15) is 4.91 Å². The quantitative estimate of drug-likeness (QED) is 0.783. The molecule has 0 saturated heterocycles. The van der Waals surface area contributed by atoms with Crippen molar-refractivity contribution in [2.24, 2.45) is 5.18 Å². The van der Waals surface area contributed by atoms with Crippen molar-refractivity contribution < 1.29 is 4.74 Å². The molecule has 0 aliphatic carbocycles. The van der Waals surface area contributed by atoms with E-state index in [1.54, 1.807) is 12.1 Å². The zero-order valence-corrected chi connectivity index (χ0v) is 12.4. The van der Waals surface area contributed by atoms with E-state index in [0.717, 1.165) is 23.4 Å². The van der Waals surface area contributed by atoms with Crippen molar-refractivity contribution in [3.8, 4) is 11.8 Å². The third-order valence-electron chi connectivity index (χ3n) is 3.83. The minimum absolute atomic E-state index is 0.0211. The molecule has 0 N–H and O–H groups in total. The molecule has 5 nitrogen and oxygen atoms in total. The molecule has 0 fully saturated rings. The highest BCUT2D eigenvalue weighted by molar-refractivity contribution is 5.49. The van der Waals surface area contributed by atoms with Crippen LogP contribution in [0, 0.1) is 16.2 Å². The summed E-state index contributed by atoms with van der Waals surface area (Å²) >= 11 is 0. The number of ether oxygens (including phenoxy) is 1. The fourth-order valence-electron chi connectivity index (χ4n) is 2.85. The molecule has 0 radical (unpaired) electrons. The predicted octanol–water partition coefficient (Wildman–Crippen LogP) is 4.04. The molecule has 1 aromatic heterocycles. The maximum Gasteiger partial charge on any atom is 0.126 e. The van der Waals surface area contributed by atoms with Gasteiger partial charge in [-0.25, -0.2) is 0 Å². The lowest BCUT2D eigenvalue weighted by Gasteiger charge is -2.37. The van der Waals surface area contributed by atoms with Crippen LogP contribution in [0.15, 0.2) is 41.7 Å². The van der Waals surface area contributed by atoms with Gasteiger partial charge < -0.3 is 4.74 Å². The molecule has 0 amide bonds. The summed E-state index contributed by atoms with van der Waals surface area (Å²) in [4.78, 5) is 14.9. The molecule has 0 saturated carbocycles. The number of nitrogens with zero attached hydrogens (tertiary/aromatic N) is 3. The second-order valence-electron chi connectivity index (χ2n) is 6.02. The first kappa shape index (κ1) is 14.2. The molecule has 110 valence electrons. The molecule has 1 aliphatic heterocycles. The molecule has 1 aliphatic rings. The summed E-state index contributed by atoms with van der Waals surface area (Å²) in [6, 6.07) is 11.1. The summed E-state index contributed by atoms with van der Waals surface area (Å²) in [6.45, 7) is 4.06. The number of hydrogen-bond acceptors (Lipinski definition) is 5. The van der Waals surface area contributed by atoms with Crippen LogP contribution >= 0.6 is 0 Å². The van der Waals surface area contributed by atoms with Gasteiger partial charge in [0.25, 0.3) is 0 Å². The van der Waals surface area contributed by atoms with Gasteiger partial charge >= 0.3 is 0 Å². The van der Waals surface area contributed by atoms with Gasteiger partial charge in [0.15, 0.2) is 0 Å². The highest BCUT2D eigenvalue weighted by Gasteiger charge is 2.35. The molecule has 1 aromatic carbocycles. The van der Waals surface area contributed by atoms with Crippen molar-refractivity contribution in [2.75, 3.05) is 0 Å². The lowest BCUT2D eigenvalue weighted by atomic mass is 9.81. The fraction of sp³-hybridized carbons (Fsp3) is 0.294. The number of nitroso groups, excluding NO2 is 1. The normalized spacial score (nSPS) is 18.7. The van der Waals surface area contributed by atoms with Gasteiger partial charge in [-0.15, -0.1) is 4.91 Å². The van der Waals surface area contributed by atoms with E-state index < -0.39 is 0 Å². The SMILES string of the molecule is CC1(C)CC(c2ccc(N=O)cn2)c2cc(C#N)ccc2O1. The van der Waals surface area contributed by atoms with Crippen molar-refractivity contribution in [1.29, 1.82) is 5.26 Å². The molecular weight excluding hydrogens is 278 g/mol. The summed E-state index contributed by atoms with van der Waals surface area (Å²) in [6.07, 6.45) is 2.22. The van der Waals surface area contributed by atoms with E-state index in [1.165, 1.54) is 6.20 Å². The standard InChI is InChI=1S/C17H15N3O2/c1-17(2)8-14(15-5-4-12(20-21)10-19-15)13-7-11(9-18)3-6-16(13)22-17/h3-7,10,14H,8H2,1-2H3. The molecule has 0 bridgehead atoms. The van der Waals surface area contributed by atoms with Crippen molar-refractivity contribution in [3.63, 3.8) is 0 Å². The van der Waals surface area contributed by atoms with Gasteiger partial charge in [-0.05, 0) is 55.8 Å². The van der Waals surface area contributed by atoms with Gasteiger partial charge in [0, 0.05) is 17.2 Å². The third-order valence-corrected chi connectivity index (χ3v) is 3.83. The topological polar surface area (TPSA) is 75.3 Å². The van der Waals surface area contributed by atoms with E-state index in [0.29, 0.717) is 11.3 Å². The number of aromatic nitrogens is 1. The number of nitriles is 1. The Balaban J connectivity index is 2.10. The second-order valence-corrected chi connectivity index (χ2v) is 6.02. The molecule has 2 heterocycles. The Morgan fingerprint density at radius 3 is 2.82 bits per heavy atom. The first-order valence-electron chi connectivity index (χ1n) is 7.05. The lowest BCUT2D eigenvalue weighted by Crippen LogP contribution is -2.35.